The predicted octanol–water partition coefficient (Wildman–Crippen LogP) is 5.06. The van der Waals surface area contributed by atoms with Crippen LogP contribution in [-0.2, 0) is 22.6 Å². The van der Waals surface area contributed by atoms with Crippen molar-refractivity contribution in [3.05, 3.63) is 35.4 Å². The van der Waals surface area contributed by atoms with E-state index >= 15 is 0 Å². The number of rotatable bonds is 14. The van der Waals surface area contributed by atoms with Crippen LogP contribution < -0.4 is 5.32 Å². The molecule has 1 aromatic carbocycles. The van der Waals surface area contributed by atoms with Gasteiger partial charge in [-0.15, -0.1) is 18.3 Å². The van der Waals surface area contributed by atoms with Gasteiger partial charge in [0.25, 0.3) is 0 Å². The highest BCUT2D eigenvalue weighted by Crippen LogP contribution is 2.21. The van der Waals surface area contributed by atoms with Crippen molar-refractivity contribution in [2.45, 2.75) is 78.2 Å². The van der Waals surface area contributed by atoms with Gasteiger partial charge in [0, 0.05) is 13.0 Å². The van der Waals surface area contributed by atoms with Crippen LogP contribution in [0.15, 0.2) is 24.3 Å². The number of benzene rings is 1. The molecule has 0 bridgehead atoms. The largest absolute Gasteiger partial charge is 0.480 e. The molecule has 6 heteroatoms. The van der Waals surface area contributed by atoms with Crippen LogP contribution in [-0.4, -0.2) is 28.7 Å². The lowest BCUT2D eigenvalue weighted by Crippen LogP contribution is -2.35. The zero-order chi connectivity index (χ0) is 21.5. The first-order chi connectivity index (χ1) is 13.9. The van der Waals surface area contributed by atoms with Crippen molar-refractivity contribution in [1.29, 1.82) is 0 Å². The second kappa shape index (κ2) is 15.8. The highest BCUT2D eigenvalue weighted by molar-refractivity contribution is 5.98. The van der Waals surface area contributed by atoms with E-state index < -0.39 is 17.4 Å². The van der Waals surface area contributed by atoms with Crippen molar-refractivity contribution in [1.82, 2.24) is 5.32 Å². The Hall–Kier alpha value is -2.03. The molecule has 0 aliphatic heterocycles. The predicted molar refractivity (Wildman–Crippen MR) is 123 cm³/mol. The summed E-state index contributed by atoms with van der Waals surface area (Å²) in [5.41, 5.74) is 0.665. The second-order valence-electron chi connectivity index (χ2n) is 7.76. The molecule has 168 valence electrons. The minimum Gasteiger partial charge on any atom is -0.480 e. The van der Waals surface area contributed by atoms with Gasteiger partial charge in [-0.2, -0.15) is 0 Å². The lowest BCUT2D eigenvalue weighted by atomic mass is 9.87. The molecule has 1 rings (SSSR count). The number of unbranched alkanes of at least 4 members (excludes halogenated alkanes) is 6. The Morgan fingerprint density at radius 2 is 1.43 bits per heavy atom. The first kappa shape index (κ1) is 28.0. The fourth-order valence-corrected chi connectivity index (χ4v) is 2.92. The smallest absolute Gasteiger partial charge is 0.321 e. The zero-order valence-electron chi connectivity index (χ0n) is 18.2. The molecule has 0 amide bonds. The minimum atomic E-state index is -1.86. The number of nitrogens with one attached hydrogen (secondary N) is 1. The highest BCUT2D eigenvalue weighted by atomic mass is 35.5. The monoisotopic (exact) mass is 437 g/mol. The van der Waals surface area contributed by atoms with Gasteiger partial charge in [-0.05, 0) is 30.9 Å². The number of aliphatic carboxylic acids is 2. The Balaban J connectivity index is 0.00000841. The van der Waals surface area contributed by atoms with Gasteiger partial charge in [0.05, 0.1) is 6.54 Å². The first-order valence-corrected chi connectivity index (χ1v) is 10.6. The van der Waals surface area contributed by atoms with Gasteiger partial charge in [0.2, 0.25) is 0 Å². The average Bonchev–Trinajstić information content (AvgIpc) is 2.70. The summed E-state index contributed by atoms with van der Waals surface area (Å²) in [7, 11) is 0. The molecule has 0 fully saturated rings. The van der Waals surface area contributed by atoms with E-state index in [0.717, 1.165) is 12.0 Å². The zero-order valence-corrected chi connectivity index (χ0v) is 19.0. The van der Waals surface area contributed by atoms with Crippen LogP contribution in [0.3, 0.4) is 0 Å². The van der Waals surface area contributed by atoms with Gasteiger partial charge in [0.1, 0.15) is 0 Å². The molecule has 0 saturated carbocycles. The van der Waals surface area contributed by atoms with Gasteiger partial charge in [-0.1, -0.05) is 75.6 Å². The molecule has 0 atom stereocenters. The molecule has 0 unspecified atom stereocenters. The Labute approximate surface area is 187 Å². The SMILES string of the molecule is CCCCCCCCCc1ccc(CNCC#CCC(C)(C(=O)O)C(=O)O)cc1.Cl. The summed E-state index contributed by atoms with van der Waals surface area (Å²) in [6.07, 6.45) is 10.1. The Kier molecular flexibility index (Phi) is 14.7. The molecule has 0 heterocycles. The van der Waals surface area contributed by atoms with E-state index in [2.05, 4.69) is 48.3 Å². The number of carboxylic acid groups (broad SMARTS) is 2. The number of hydrogen-bond donors (Lipinski definition) is 3. The molecule has 0 radical (unpaired) electrons. The van der Waals surface area contributed by atoms with Crippen LogP contribution in [0.1, 0.15) is 76.3 Å². The number of hydrogen-bond acceptors (Lipinski definition) is 3. The third-order valence-electron chi connectivity index (χ3n) is 5.15. The van der Waals surface area contributed by atoms with E-state index in [9.17, 15) is 9.59 Å². The van der Waals surface area contributed by atoms with E-state index in [1.54, 1.807) is 0 Å². The fraction of sp³-hybridized carbons (Fsp3) is 0.583. The van der Waals surface area contributed by atoms with Gasteiger partial charge < -0.3 is 15.5 Å². The third-order valence-corrected chi connectivity index (χ3v) is 5.15. The lowest BCUT2D eigenvalue weighted by molar-refractivity contribution is -0.162. The van der Waals surface area contributed by atoms with Gasteiger partial charge >= 0.3 is 11.9 Å². The Morgan fingerprint density at radius 3 is 2.00 bits per heavy atom. The molecule has 0 aliphatic carbocycles. The van der Waals surface area contributed by atoms with Crippen LogP contribution in [0, 0.1) is 17.3 Å². The summed E-state index contributed by atoms with van der Waals surface area (Å²) in [4.78, 5) is 22.1. The molecule has 0 spiro atoms. The molecule has 3 N–H and O–H groups in total. The van der Waals surface area contributed by atoms with Crippen LogP contribution in [0.25, 0.3) is 0 Å². The number of carbonyl (C=O) groups is 2. The second-order valence-corrected chi connectivity index (χ2v) is 7.76. The quantitative estimate of drug-likeness (QED) is 0.215. The summed E-state index contributed by atoms with van der Waals surface area (Å²) in [5.74, 6) is 2.71. The molecule has 0 saturated heterocycles. The van der Waals surface area contributed by atoms with E-state index in [0.29, 0.717) is 13.1 Å². The third kappa shape index (κ3) is 10.7. The number of halogens is 1. The normalized spacial score (nSPS) is 10.6. The van der Waals surface area contributed by atoms with Crippen molar-refractivity contribution in [3.63, 3.8) is 0 Å². The van der Waals surface area contributed by atoms with Gasteiger partial charge in [0.15, 0.2) is 5.41 Å². The van der Waals surface area contributed by atoms with E-state index in [-0.39, 0.29) is 18.8 Å². The van der Waals surface area contributed by atoms with Gasteiger partial charge in [-0.25, -0.2) is 0 Å². The highest BCUT2D eigenvalue weighted by Gasteiger charge is 2.40. The molecule has 0 aliphatic rings. The van der Waals surface area contributed by atoms with Crippen LogP contribution >= 0.6 is 12.4 Å². The maximum atomic E-state index is 11.1. The van der Waals surface area contributed by atoms with Crippen molar-refractivity contribution < 1.29 is 19.8 Å². The molecule has 30 heavy (non-hydrogen) atoms. The van der Waals surface area contributed by atoms with Crippen molar-refractivity contribution >= 4 is 24.3 Å². The summed E-state index contributed by atoms with van der Waals surface area (Å²) in [6.45, 7) is 4.47. The van der Waals surface area contributed by atoms with Crippen LogP contribution in [0.2, 0.25) is 0 Å². The maximum Gasteiger partial charge on any atom is 0.321 e. The fourth-order valence-electron chi connectivity index (χ4n) is 2.92. The molecular weight excluding hydrogens is 402 g/mol. The summed E-state index contributed by atoms with van der Waals surface area (Å²) >= 11 is 0. The molecule has 0 aromatic heterocycles. The van der Waals surface area contributed by atoms with Crippen LogP contribution in [0.4, 0.5) is 0 Å². The lowest BCUT2D eigenvalue weighted by Gasteiger charge is -2.15. The summed E-state index contributed by atoms with van der Waals surface area (Å²) in [5, 5.41) is 21.2. The van der Waals surface area contributed by atoms with Gasteiger partial charge in [-0.3, -0.25) is 9.59 Å². The van der Waals surface area contributed by atoms with Crippen molar-refractivity contribution in [3.8, 4) is 11.8 Å². The van der Waals surface area contributed by atoms with E-state index in [1.807, 2.05) is 0 Å². The van der Waals surface area contributed by atoms with Crippen LogP contribution in [0.5, 0.6) is 0 Å². The standard InChI is InChI=1S/C24H35NO4.ClH/c1-3-4-5-6-7-8-9-12-20-13-15-21(16-14-20)19-25-18-11-10-17-24(2,22(26)27)23(28)29;/h13-16,25H,3-9,12,17-19H2,1-2H3,(H,26,27)(H,28,29);1H. The topological polar surface area (TPSA) is 86.6 Å². The number of carboxylic acids is 2. The Bertz CT molecular complexity index is 677. The molecule has 1 aromatic rings. The van der Waals surface area contributed by atoms with Crippen molar-refractivity contribution in [2.75, 3.05) is 6.54 Å². The summed E-state index contributed by atoms with van der Waals surface area (Å²) in [6, 6.07) is 8.57. The molecule has 5 nitrogen and oxygen atoms in total. The first-order valence-electron chi connectivity index (χ1n) is 10.6. The van der Waals surface area contributed by atoms with E-state index in [4.69, 9.17) is 10.2 Å². The average molecular weight is 438 g/mol. The van der Waals surface area contributed by atoms with E-state index in [1.165, 1.54) is 57.4 Å². The Morgan fingerprint density at radius 1 is 0.900 bits per heavy atom. The minimum absolute atomic E-state index is 0. The summed E-state index contributed by atoms with van der Waals surface area (Å²) < 4.78 is 0. The maximum absolute atomic E-state index is 11.1. The molecular formula is C24H36ClNO4. The number of aryl methyl sites for hydroxylation is 1. The van der Waals surface area contributed by atoms with Crippen molar-refractivity contribution in [2.24, 2.45) is 5.41 Å².